The van der Waals surface area contributed by atoms with E-state index in [-0.39, 0.29) is 24.6 Å². The normalized spacial score (nSPS) is 11.1. The summed E-state index contributed by atoms with van der Waals surface area (Å²) in [6.07, 6.45) is 0. The van der Waals surface area contributed by atoms with Crippen LogP contribution in [0, 0.1) is 19.7 Å². The number of aryl methyl sites for hydroxylation is 1. The Morgan fingerprint density at radius 1 is 1.03 bits per heavy atom. The Bertz CT molecular complexity index is 1420. The maximum absolute atomic E-state index is 14.1. The third kappa shape index (κ3) is 3.94. The van der Waals surface area contributed by atoms with Crippen LogP contribution < -0.4 is 16.6 Å². The molecule has 4 aromatic rings. The summed E-state index contributed by atoms with van der Waals surface area (Å²) in [5, 5.41) is 4.53. The van der Waals surface area contributed by atoms with E-state index in [9.17, 15) is 18.8 Å². The molecule has 0 aliphatic heterocycles. The van der Waals surface area contributed by atoms with Gasteiger partial charge in [-0.1, -0.05) is 30.3 Å². The van der Waals surface area contributed by atoms with Crippen molar-refractivity contribution >= 4 is 33.1 Å². The molecule has 0 fully saturated rings. The van der Waals surface area contributed by atoms with Gasteiger partial charge in [0.2, 0.25) is 5.91 Å². The average molecular weight is 437 g/mol. The molecule has 1 amide bonds. The quantitative estimate of drug-likeness (QED) is 0.518. The second-order valence-electron chi connectivity index (χ2n) is 7.28. The predicted octanol–water partition coefficient (Wildman–Crippen LogP) is 3.67. The molecule has 2 heterocycles. The van der Waals surface area contributed by atoms with Crippen LogP contribution in [0.15, 0.2) is 63.5 Å². The molecule has 158 valence electrons. The second-order valence-corrected chi connectivity index (χ2v) is 8.20. The van der Waals surface area contributed by atoms with Crippen LogP contribution in [-0.4, -0.2) is 15.0 Å². The molecule has 0 spiro atoms. The highest BCUT2D eigenvalue weighted by atomic mass is 32.1. The molecule has 0 radical (unpaired) electrons. The van der Waals surface area contributed by atoms with Gasteiger partial charge >= 0.3 is 5.69 Å². The lowest BCUT2D eigenvalue weighted by atomic mass is 10.1. The molecule has 0 unspecified atom stereocenters. The first kappa shape index (κ1) is 20.7. The molecule has 8 heteroatoms. The molecule has 0 aliphatic carbocycles. The third-order valence-electron chi connectivity index (χ3n) is 5.30. The van der Waals surface area contributed by atoms with Gasteiger partial charge in [0, 0.05) is 11.3 Å². The van der Waals surface area contributed by atoms with Crippen LogP contribution in [0.1, 0.15) is 16.7 Å². The van der Waals surface area contributed by atoms with E-state index in [1.54, 1.807) is 29.6 Å². The van der Waals surface area contributed by atoms with Crippen LogP contribution in [0.3, 0.4) is 0 Å². The second kappa shape index (κ2) is 8.31. The van der Waals surface area contributed by atoms with Gasteiger partial charge in [0.15, 0.2) is 0 Å². The van der Waals surface area contributed by atoms with Gasteiger partial charge in [0.05, 0.1) is 12.1 Å². The van der Waals surface area contributed by atoms with E-state index < -0.39 is 17.1 Å². The molecule has 0 bridgehead atoms. The first-order valence-corrected chi connectivity index (χ1v) is 10.5. The fourth-order valence-electron chi connectivity index (χ4n) is 3.44. The molecule has 1 N–H and O–H groups in total. The van der Waals surface area contributed by atoms with Crippen molar-refractivity contribution in [2.75, 3.05) is 5.32 Å². The summed E-state index contributed by atoms with van der Waals surface area (Å²) in [5.41, 5.74) is 2.10. The Labute approximate surface area is 181 Å². The number of hydrogen-bond donors (Lipinski definition) is 1. The summed E-state index contributed by atoms with van der Waals surface area (Å²) < 4.78 is 16.7. The number of nitrogens with one attached hydrogen (secondary N) is 1. The molecule has 6 nitrogen and oxygen atoms in total. The molecule has 0 saturated heterocycles. The number of anilines is 1. The lowest BCUT2D eigenvalue weighted by molar-refractivity contribution is -0.116. The number of halogens is 1. The number of benzene rings is 2. The van der Waals surface area contributed by atoms with Crippen molar-refractivity contribution in [3.8, 4) is 0 Å². The van der Waals surface area contributed by atoms with E-state index in [0.717, 1.165) is 15.7 Å². The predicted molar refractivity (Wildman–Crippen MR) is 120 cm³/mol. The largest absolute Gasteiger partial charge is 0.332 e. The van der Waals surface area contributed by atoms with Crippen LogP contribution >= 0.6 is 11.3 Å². The lowest BCUT2D eigenvalue weighted by Gasteiger charge is -2.14. The van der Waals surface area contributed by atoms with Crippen LogP contribution in [0.5, 0.6) is 0 Å². The Balaban J connectivity index is 1.74. The number of hydrogen-bond acceptors (Lipinski definition) is 4. The minimum absolute atomic E-state index is 0.212. The number of nitrogens with zero attached hydrogens (tertiary/aromatic N) is 2. The molecule has 4 rings (SSSR count). The molecular formula is C23H20FN3O3S. The zero-order chi connectivity index (χ0) is 22.1. The van der Waals surface area contributed by atoms with Crippen LogP contribution in [0.25, 0.3) is 10.2 Å². The number of amides is 1. The van der Waals surface area contributed by atoms with Gasteiger partial charge in [0.25, 0.3) is 5.56 Å². The van der Waals surface area contributed by atoms with Crippen LogP contribution in [0.2, 0.25) is 0 Å². The van der Waals surface area contributed by atoms with E-state index in [1.807, 2.05) is 26.0 Å². The van der Waals surface area contributed by atoms with Crippen LogP contribution in [-0.2, 0) is 17.9 Å². The maximum Gasteiger partial charge on any atom is 0.332 e. The summed E-state index contributed by atoms with van der Waals surface area (Å²) in [5.74, 6) is -0.890. The summed E-state index contributed by atoms with van der Waals surface area (Å²) >= 11 is 1.18. The molecular weight excluding hydrogens is 417 g/mol. The van der Waals surface area contributed by atoms with Gasteiger partial charge in [-0.3, -0.25) is 18.7 Å². The Morgan fingerprint density at radius 3 is 2.58 bits per heavy atom. The van der Waals surface area contributed by atoms with Crippen molar-refractivity contribution in [3.63, 3.8) is 0 Å². The number of fused-ring (bicyclic) bond motifs is 1. The van der Waals surface area contributed by atoms with E-state index >= 15 is 0 Å². The van der Waals surface area contributed by atoms with Gasteiger partial charge in [-0.2, -0.15) is 0 Å². The van der Waals surface area contributed by atoms with Crippen LogP contribution in [0.4, 0.5) is 10.1 Å². The zero-order valence-corrected chi connectivity index (χ0v) is 17.8. The van der Waals surface area contributed by atoms with Crippen molar-refractivity contribution in [2.24, 2.45) is 0 Å². The molecule has 31 heavy (non-hydrogen) atoms. The topological polar surface area (TPSA) is 73.1 Å². The first-order chi connectivity index (χ1) is 14.9. The van der Waals surface area contributed by atoms with E-state index in [0.29, 0.717) is 15.9 Å². The van der Waals surface area contributed by atoms with Crippen molar-refractivity contribution in [1.82, 2.24) is 9.13 Å². The first-order valence-electron chi connectivity index (χ1n) is 9.67. The molecule has 0 aliphatic rings. The fraction of sp³-hybridized carbons (Fsp3) is 0.174. The number of rotatable bonds is 5. The van der Waals surface area contributed by atoms with Gasteiger partial charge in [0.1, 0.15) is 17.1 Å². The molecule has 2 aromatic carbocycles. The summed E-state index contributed by atoms with van der Waals surface area (Å²) in [7, 11) is 0. The summed E-state index contributed by atoms with van der Waals surface area (Å²) in [6, 6.07) is 13.2. The summed E-state index contributed by atoms with van der Waals surface area (Å²) in [4.78, 5) is 38.8. The Hall–Kier alpha value is -3.52. The Morgan fingerprint density at radius 2 is 1.81 bits per heavy atom. The number of carbonyl (C=O) groups excluding carboxylic acids is 1. The van der Waals surface area contributed by atoms with Crippen molar-refractivity contribution < 1.29 is 9.18 Å². The lowest BCUT2D eigenvalue weighted by Crippen LogP contribution is -2.41. The highest BCUT2D eigenvalue weighted by Gasteiger charge is 2.18. The third-order valence-corrected chi connectivity index (χ3v) is 6.19. The van der Waals surface area contributed by atoms with Gasteiger partial charge in [-0.15, -0.1) is 11.3 Å². The van der Waals surface area contributed by atoms with Crippen molar-refractivity contribution in [2.45, 2.75) is 26.9 Å². The number of carbonyl (C=O) groups is 1. The number of aromatic nitrogens is 2. The van der Waals surface area contributed by atoms with Gasteiger partial charge < -0.3 is 5.32 Å². The van der Waals surface area contributed by atoms with E-state index in [2.05, 4.69) is 5.32 Å². The van der Waals surface area contributed by atoms with E-state index in [1.165, 1.54) is 28.0 Å². The average Bonchev–Trinajstić information content (AvgIpc) is 3.23. The standard InChI is InChI=1S/C23H20FN3O3S/c1-14-6-5-9-18(15(14)2)25-20(28)13-26-19-10-11-31-21(19)22(29)27(23(26)30)12-16-7-3-4-8-17(16)24/h3-11H,12-13H2,1-2H3,(H,25,28). The van der Waals surface area contributed by atoms with Gasteiger partial charge in [-0.05, 0) is 48.6 Å². The number of thiophene rings is 1. The SMILES string of the molecule is Cc1cccc(NC(=O)Cn2c(=O)n(Cc3ccccc3F)c(=O)c3sccc32)c1C. The minimum Gasteiger partial charge on any atom is -0.324 e. The van der Waals surface area contributed by atoms with Crippen molar-refractivity contribution in [3.05, 3.63) is 97.3 Å². The maximum atomic E-state index is 14.1. The highest BCUT2D eigenvalue weighted by molar-refractivity contribution is 7.17. The smallest absolute Gasteiger partial charge is 0.324 e. The monoisotopic (exact) mass is 437 g/mol. The molecule has 2 aromatic heterocycles. The zero-order valence-electron chi connectivity index (χ0n) is 17.0. The van der Waals surface area contributed by atoms with Gasteiger partial charge in [-0.25, -0.2) is 9.18 Å². The fourth-order valence-corrected chi connectivity index (χ4v) is 4.29. The highest BCUT2D eigenvalue weighted by Crippen LogP contribution is 2.19. The minimum atomic E-state index is -0.657. The van der Waals surface area contributed by atoms with Crippen molar-refractivity contribution in [1.29, 1.82) is 0 Å². The summed E-state index contributed by atoms with van der Waals surface area (Å²) in [6.45, 7) is 3.37. The Kier molecular flexibility index (Phi) is 5.56. The van der Waals surface area contributed by atoms with E-state index in [4.69, 9.17) is 0 Å². The molecule has 0 saturated carbocycles. The molecule has 0 atom stereocenters.